The first-order valence-corrected chi connectivity index (χ1v) is 8.72. The van der Waals surface area contributed by atoms with E-state index >= 15 is 0 Å². The molecular formula is C15H26O2S. The second-order valence-corrected chi connectivity index (χ2v) is 7.84. The Kier molecular flexibility index (Phi) is 3.04. The Morgan fingerprint density at radius 1 is 1.28 bits per heavy atom. The Hall–Kier alpha value is 0.270. The van der Waals surface area contributed by atoms with Crippen molar-refractivity contribution in [3.63, 3.8) is 0 Å². The van der Waals surface area contributed by atoms with Crippen molar-refractivity contribution in [2.45, 2.75) is 63.6 Å². The summed E-state index contributed by atoms with van der Waals surface area (Å²) < 4.78 is 6.43. The predicted molar refractivity (Wildman–Crippen MR) is 75.6 cm³/mol. The third-order valence-corrected chi connectivity index (χ3v) is 6.54. The zero-order valence-corrected chi connectivity index (χ0v) is 12.7. The van der Waals surface area contributed by atoms with Gasteiger partial charge in [-0.05, 0) is 70.5 Å². The molecule has 3 saturated carbocycles. The molecule has 1 N–H and O–H groups in total. The van der Waals surface area contributed by atoms with E-state index in [0.29, 0.717) is 11.8 Å². The first kappa shape index (κ1) is 13.3. The maximum Gasteiger partial charge on any atom is 0.0926 e. The van der Waals surface area contributed by atoms with Gasteiger partial charge in [0, 0.05) is 5.41 Å². The summed E-state index contributed by atoms with van der Waals surface area (Å²) in [4.78, 5) is 0. The quantitative estimate of drug-likeness (QED) is 0.794. The fraction of sp³-hybridized carbons (Fsp3) is 1.00. The molecule has 0 amide bonds. The third kappa shape index (κ3) is 1.39. The molecule has 0 spiro atoms. The summed E-state index contributed by atoms with van der Waals surface area (Å²) in [5, 5.41) is 10.9. The molecule has 4 atom stereocenters. The van der Waals surface area contributed by atoms with Crippen molar-refractivity contribution in [3.8, 4) is 0 Å². The van der Waals surface area contributed by atoms with E-state index in [-0.39, 0.29) is 11.0 Å². The van der Waals surface area contributed by atoms with E-state index in [1.54, 1.807) is 11.8 Å². The fourth-order valence-corrected chi connectivity index (χ4v) is 6.17. The molecule has 0 aromatic carbocycles. The summed E-state index contributed by atoms with van der Waals surface area (Å²) >= 11 is 1.77. The highest BCUT2D eigenvalue weighted by molar-refractivity contribution is 7.98. The molecule has 3 aliphatic rings. The number of ether oxygens (including phenoxy) is 1. The van der Waals surface area contributed by atoms with Gasteiger partial charge in [-0.15, -0.1) is 11.8 Å². The SMILES string of the molecule is CSCOC12CCCC1(C(C)(C)O)C1CCC2C1. The van der Waals surface area contributed by atoms with Gasteiger partial charge in [0.05, 0.1) is 17.1 Å². The Morgan fingerprint density at radius 3 is 2.67 bits per heavy atom. The zero-order chi connectivity index (χ0) is 13.0. The second kappa shape index (κ2) is 4.13. The summed E-state index contributed by atoms with van der Waals surface area (Å²) in [6, 6.07) is 0. The van der Waals surface area contributed by atoms with Crippen LogP contribution in [0.25, 0.3) is 0 Å². The van der Waals surface area contributed by atoms with Crippen LogP contribution in [0.15, 0.2) is 0 Å². The van der Waals surface area contributed by atoms with Crippen molar-refractivity contribution in [1.29, 1.82) is 0 Å². The van der Waals surface area contributed by atoms with Gasteiger partial charge in [0.2, 0.25) is 0 Å². The van der Waals surface area contributed by atoms with Crippen molar-refractivity contribution in [2.75, 3.05) is 12.2 Å². The van der Waals surface area contributed by atoms with E-state index in [9.17, 15) is 5.11 Å². The molecule has 0 aromatic rings. The highest BCUT2D eigenvalue weighted by Crippen LogP contribution is 2.73. The van der Waals surface area contributed by atoms with Crippen LogP contribution in [0, 0.1) is 17.3 Å². The van der Waals surface area contributed by atoms with E-state index in [0.717, 1.165) is 12.4 Å². The highest BCUT2D eigenvalue weighted by Gasteiger charge is 2.74. The molecule has 3 heteroatoms. The lowest BCUT2D eigenvalue weighted by atomic mass is 9.57. The summed E-state index contributed by atoms with van der Waals surface area (Å²) in [6.45, 7) is 4.05. The van der Waals surface area contributed by atoms with Crippen molar-refractivity contribution in [3.05, 3.63) is 0 Å². The van der Waals surface area contributed by atoms with Gasteiger partial charge in [-0.25, -0.2) is 0 Å². The van der Waals surface area contributed by atoms with Gasteiger partial charge >= 0.3 is 0 Å². The summed E-state index contributed by atoms with van der Waals surface area (Å²) in [7, 11) is 0. The Bertz CT molecular complexity index is 338. The van der Waals surface area contributed by atoms with E-state index in [1.165, 1.54) is 32.1 Å². The van der Waals surface area contributed by atoms with Crippen molar-refractivity contribution in [1.82, 2.24) is 0 Å². The monoisotopic (exact) mass is 270 g/mol. The van der Waals surface area contributed by atoms with E-state index in [1.807, 2.05) is 13.8 Å². The average Bonchev–Trinajstić information content (AvgIpc) is 2.95. The van der Waals surface area contributed by atoms with Crippen LogP contribution < -0.4 is 0 Å². The van der Waals surface area contributed by atoms with Gasteiger partial charge < -0.3 is 9.84 Å². The molecule has 3 rings (SSSR count). The first-order chi connectivity index (χ1) is 8.48. The summed E-state index contributed by atoms with van der Waals surface area (Å²) in [5.41, 5.74) is -0.600. The average molecular weight is 270 g/mol. The van der Waals surface area contributed by atoms with Crippen LogP contribution in [0.4, 0.5) is 0 Å². The minimum atomic E-state index is -0.609. The lowest BCUT2D eigenvalue weighted by Crippen LogP contribution is -2.60. The number of fused-ring (bicyclic) bond motifs is 5. The Balaban J connectivity index is 2.03. The summed E-state index contributed by atoms with van der Waals surface area (Å²) in [6.07, 6.45) is 9.56. The number of aliphatic hydroxyl groups is 1. The van der Waals surface area contributed by atoms with Gasteiger partial charge in [-0.2, -0.15) is 0 Å². The van der Waals surface area contributed by atoms with E-state index < -0.39 is 5.60 Å². The predicted octanol–water partition coefficient (Wildman–Crippen LogP) is 3.43. The Morgan fingerprint density at radius 2 is 2.00 bits per heavy atom. The van der Waals surface area contributed by atoms with Gasteiger partial charge in [0.1, 0.15) is 0 Å². The van der Waals surface area contributed by atoms with Crippen molar-refractivity contribution >= 4 is 11.8 Å². The number of hydrogen-bond acceptors (Lipinski definition) is 3. The van der Waals surface area contributed by atoms with Gasteiger partial charge in [0.25, 0.3) is 0 Å². The lowest BCUT2D eigenvalue weighted by molar-refractivity contribution is -0.208. The minimum absolute atomic E-state index is 0.0167. The first-order valence-electron chi connectivity index (χ1n) is 7.33. The van der Waals surface area contributed by atoms with Crippen molar-refractivity contribution < 1.29 is 9.84 Å². The van der Waals surface area contributed by atoms with Crippen LogP contribution in [-0.2, 0) is 4.74 Å². The summed E-state index contributed by atoms with van der Waals surface area (Å²) in [5.74, 6) is 2.16. The maximum atomic E-state index is 10.9. The molecular weight excluding hydrogens is 244 g/mol. The molecule has 0 radical (unpaired) electrons. The van der Waals surface area contributed by atoms with Crippen LogP contribution in [0.2, 0.25) is 0 Å². The molecule has 2 nitrogen and oxygen atoms in total. The molecule has 104 valence electrons. The normalized spacial score (nSPS) is 46.7. The Labute approximate surface area is 115 Å². The molecule has 0 aromatic heterocycles. The molecule has 0 heterocycles. The van der Waals surface area contributed by atoms with Crippen molar-refractivity contribution in [2.24, 2.45) is 17.3 Å². The molecule has 2 bridgehead atoms. The van der Waals surface area contributed by atoms with Crippen LogP contribution in [0.1, 0.15) is 52.4 Å². The smallest absolute Gasteiger partial charge is 0.0926 e. The standard InChI is InChI=1S/C15H26O2S/c1-13(2,16)14-7-4-8-15(14,17-10-18-3)12-6-5-11(14)9-12/h11-12,16H,4-10H2,1-3H3. The highest BCUT2D eigenvalue weighted by atomic mass is 32.2. The zero-order valence-electron chi connectivity index (χ0n) is 11.9. The van der Waals surface area contributed by atoms with Crippen LogP contribution in [0.5, 0.6) is 0 Å². The molecule has 0 aliphatic heterocycles. The molecule has 3 aliphatic carbocycles. The molecule has 4 unspecified atom stereocenters. The molecule has 0 saturated heterocycles. The van der Waals surface area contributed by atoms with Crippen LogP contribution >= 0.6 is 11.8 Å². The molecule has 18 heavy (non-hydrogen) atoms. The third-order valence-electron chi connectivity index (χ3n) is 6.19. The van der Waals surface area contributed by atoms with Crippen LogP contribution in [-0.4, -0.2) is 28.5 Å². The van der Waals surface area contributed by atoms with Crippen LogP contribution in [0.3, 0.4) is 0 Å². The molecule has 3 fully saturated rings. The largest absolute Gasteiger partial charge is 0.390 e. The number of rotatable bonds is 4. The topological polar surface area (TPSA) is 29.5 Å². The van der Waals surface area contributed by atoms with Gasteiger partial charge in [-0.3, -0.25) is 0 Å². The lowest BCUT2D eigenvalue weighted by Gasteiger charge is -2.55. The number of hydrogen-bond donors (Lipinski definition) is 1. The van der Waals surface area contributed by atoms with Gasteiger partial charge in [-0.1, -0.05) is 0 Å². The maximum absolute atomic E-state index is 10.9. The van der Waals surface area contributed by atoms with E-state index in [2.05, 4.69) is 6.26 Å². The van der Waals surface area contributed by atoms with E-state index in [4.69, 9.17) is 4.74 Å². The van der Waals surface area contributed by atoms with Gasteiger partial charge in [0.15, 0.2) is 0 Å². The second-order valence-electron chi connectivity index (χ2n) is 7.03. The minimum Gasteiger partial charge on any atom is -0.390 e. The number of thioether (sulfide) groups is 1. The fourth-order valence-electron chi connectivity index (χ4n) is 5.84.